The highest BCUT2D eigenvalue weighted by Gasteiger charge is 2.65. The molecule has 4 heterocycles. The number of fused-ring (bicyclic) bond motifs is 1. The number of benzene rings is 1. The monoisotopic (exact) mass is 443 g/mol. The summed E-state index contributed by atoms with van der Waals surface area (Å²) in [6, 6.07) is 11.0. The Balaban J connectivity index is 1.34. The summed E-state index contributed by atoms with van der Waals surface area (Å²) >= 11 is 0. The Hall–Kier alpha value is -2.49. The first kappa shape index (κ1) is 20.4. The van der Waals surface area contributed by atoms with Crippen molar-refractivity contribution in [2.45, 2.75) is 29.8 Å². The van der Waals surface area contributed by atoms with Gasteiger partial charge in [-0.25, -0.2) is 8.42 Å². The lowest BCUT2D eigenvalue weighted by atomic mass is 9.99. The second-order valence-electron chi connectivity index (χ2n) is 8.43. The first-order valence-corrected chi connectivity index (χ1v) is 11.9. The molecule has 8 nitrogen and oxygen atoms in total. The van der Waals surface area contributed by atoms with Crippen molar-refractivity contribution in [3.63, 3.8) is 0 Å². The Bertz CT molecular complexity index is 1090. The number of nitrogens with zero attached hydrogens (tertiary/aromatic N) is 3. The molecule has 2 bridgehead atoms. The first-order chi connectivity index (χ1) is 14.9. The van der Waals surface area contributed by atoms with Gasteiger partial charge >= 0.3 is 0 Å². The van der Waals surface area contributed by atoms with Crippen molar-refractivity contribution in [2.24, 2.45) is 0 Å². The zero-order valence-corrected chi connectivity index (χ0v) is 18.1. The third-order valence-corrected chi connectivity index (χ3v) is 8.88. The second kappa shape index (κ2) is 7.58. The molecule has 1 spiro atoms. The van der Waals surface area contributed by atoms with Gasteiger partial charge in [0.25, 0.3) is 5.91 Å². The van der Waals surface area contributed by atoms with Gasteiger partial charge in [0, 0.05) is 37.6 Å². The highest BCUT2D eigenvalue weighted by molar-refractivity contribution is 7.90. The third kappa shape index (κ3) is 3.50. The van der Waals surface area contributed by atoms with Gasteiger partial charge in [-0.15, -0.1) is 0 Å². The van der Waals surface area contributed by atoms with Crippen LogP contribution in [0.3, 0.4) is 0 Å². The van der Waals surface area contributed by atoms with Gasteiger partial charge in [-0.2, -0.15) is 4.31 Å². The Morgan fingerprint density at radius 1 is 1.26 bits per heavy atom. The number of rotatable bonds is 5. The van der Waals surface area contributed by atoms with E-state index in [2.05, 4.69) is 4.98 Å². The molecule has 1 amide bonds. The average molecular weight is 444 g/mol. The lowest BCUT2D eigenvalue weighted by Crippen LogP contribution is -2.56. The predicted octanol–water partition coefficient (Wildman–Crippen LogP) is 1.33. The molecule has 3 fully saturated rings. The van der Waals surface area contributed by atoms with E-state index in [4.69, 9.17) is 9.47 Å². The van der Waals surface area contributed by atoms with E-state index >= 15 is 0 Å². The zero-order valence-electron chi connectivity index (χ0n) is 17.3. The summed E-state index contributed by atoms with van der Waals surface area (Å²) < 4.78 is 39.7. The quantitative estimate of drug-likeness (QED) is 0.693. The summed E-state index contributed by atoms with van der Waals surface area (Å²) in [6.45, 7) is 1.35. The maximum atomic E-state index is 13.3. The van der Waals surface area contributed by atoms with Crippen LogP contribution in [0.5, 0.6) is 5.75 Å². The van der Waals surface area contributed by atoms with Gasteiger partial charge in [0.2, 0.25) is 10.0 Å². The Morgan fingerprint density at radius 3 is 2.84 bits per heavy atom. The number of aromatic nitrogens is 1. The Morgan fingerprint density at radius 2 is 2.06 bits per heavy atom. The summed E-state index contributed by atoms with van der Waals surface area (Å²) in [6.07, 6.45) is 3.94. The maximum Gasteiger partial charge on any atom is 0.254 e. The van der Waals surface area contributed by atoms with Crippen LogP contribution in [0, 0.1) is 0 Å². The number of sulfonamides is 1. The fourth-order valence-electron chi connectivity index (χ4n) is 5.06. The molecule has 0 aliphatic carbocycles. The number of morpholine rings is 1. The van der Waals surface area contributed by atoms with Gasteiger partial charge in [-0.1, -0.05) is 12.1 Å². The van der Waals surface area contributed by atoms with E-state index in [0.717, 1.165) is 11.3 Å². The van der Waals surface area contributed by atoms with Crippen molar-refractivity contribution in [1.29, 1.82) is 0 Å². The average Bonchev–Trinajstić information content (AvgIpc) is 3.16. The number of carbonyl (C=O) groups is 1. The van der Waals surface area contributed by atoms with Crippen LogP contribution >= 0.6 is 0 Å². The number of hydrogen-bond donors (Lipinski definition) is 0. The zero-order chi connectivity index (χ0) is 21.6. The van der Waals surface area contributed by atoms with Crippen molar-refractivity contribution in [3.05, 3.63) is 59.9 Å². The van der Waals surface area contributed by atoms with Gasteiger partial charge in [0.1, 0.15) is 16.6 Å². The van der Waals surface area contributed by atoms with Crippen LogP contribution in [0.1, 0.15) is 22.3 Å². The van der Waals surface area contributed by atoms with Crippen LogP contribution in [0.25, 0.3) is 0 Å². The van der Waals surface area contributed by atoms with Crippen molar-refractivity contribution < 1.29 is 22.7 Å². The molecule has 1 aromatic carbocycles. The minimum atomic E-state index is -3.50. The number of ether oxygens (including phenoxy) is 2. The van der Waals surface area contributed by atoms with E-state index in [1.54, 1.807) is 36.5 Å². The fourth-order valence-corrected chi connectivity index (χ4v) is 7.37. The van der Waals surface area contributed by atoms with Gasteiger partial charge in [-0.05, 0) is 42.7 Å². The summed E-state index contributed by atoms with van der Waals surface area (Å²) in [7, 11) is -1.89. The van der Waals surface area contributed by atoms with E-state index < -0.39 is 20.9 Å². The Kier molecular flexibility index (Phi) is 4.99. The van der Waals surface area contributed by atoms with Gasteiger partial charge in [0.05, 0.1) is 19.8 Å². The molecular formula is C22H25N3O5S. The summed E-state index contributed by atoms with van der Waals surface area (Å²) in [4.78, 5) is 18.7. The molecule has 3 aliphatic rings. The van der Waals surface area contributed by atoms with Crippen LogP contribution in [0.15, 0.2) is 48.8 Å². The van der Waals surface area contributed by atoms with E-state index in [0.29, 0.717) is 31.5 Å². The predicted molar refractivity (Wildman–Crippen MR) is 113 cm³/mol. The van der Waals surface area contributed by atoms with E-state index in [1.165, 1.54) is 4.31 Å². The molecule has 0 N–H and O–H groups in total. The van der Waals surface area contributed by atoms with Crippen molar-refractivity contribution in [2.75, 3.05) is 33.3 Å². The molecule has 0 saturated carbocycles. The SMILES string of the molecule is COc1cccc(CCN2C[C@@]34CN(C(=O)c5ccncc5)C[C@@H](C[C@@H]3S2(=O)=O)O4)c1. The van der Waals surface area contributed by atoms with E-state index in [-0.39, 0.29) is 25.1 Å². The molecular weight excluding hydrogens is 418 g/mol. The number of pyridine rings is 1. The summed E-state index contributed by atoms with van der Waals surface area (Å²) in [5.41, 5.74) is 0.708. The molecule has 164 valence electrons. The van der Waals surface area contributed by atoms with Crippen molar-refractivity contribution in [1.82, 2.24) is 14.2 Å². The number of likely N-dealkylation sites (tertiary alicyclic amines) is 1. The van der Waals surface area contributed by atoms with Crippen molar-refractivity contribution in [3.8, 4) is 5.75 Å². The van der Waals surface area contributed by atoms with Gasteiger partial charge in [-0.3, -0.25) is 9.78 Å². The normalized spacial score (nSPS) is 29.0. The molecule has 1 aromatic heterocycles. The Labute approximate surface area is 181 Å². The number of methoxy groups -OCH3 is 1. The van der Waals surface area contributed by atoms with Crippen molar-refractivity contribution >= 4 is 15.9 Å². The highest BCUT2D eigenvalue weighted by Crippen LogP contribution is 2.46. The maximum absolute atomic E-state index is 13.3. The van der Waals surface area contributed by atoms with Crippen LogP contribution in [0.2, 0.25) is 0 Å². The van der Waals surface area contributed by atoms with E-state index in [9.17, 15) is 13.2 Å². The van der Waals surface area contributed by atoms with E-state index in [1.807, 2.05) is 24.3 Å². The van der Waals surface area contributed by atoms with Crippen LogP contribution in [-0.2, 0) is 21.2 Å². The molecule has 5 rings (SSSR count). The molecule has 0 radical (unpaired) electrons. The minimum Gasteiger partial charge on any atom is -0.497 e. The summed E-state index contributed by atoms with van der Waals surface area (Å²) in [5.74, 6) is 0.643. The molecule has 3 aliphatic heterocycles. The first-order valence-electron chi connectivity index (χ1n) is 10.4. The molecule has 2 aromatic rings. The molecule has 31 heavy (non-hydrogen) atoms. The lowest BCUT2D eigenvalue weighted by Gasteiger charge is -2.39. The number of hydrogen-bond acceptors (Lipinski definition) is 6. The van der Waals surface area contributed by atoms with Gasteiger partial charge < -0.3 is 14.4 Å². The van der Waals surface area contributed by atoms with Crippen LogP contribution in [0.4, 0.5) is 0 Å². The van der Waals surface area contributed by atoms with Crippen LogP contribution in [-0.4, -0.2) is 78.8 Å². The standard InChI is InChI=1S/C22H25N3O5S/c1-29-18-4-2-3-16(11-18)7-10-25-15-22-14-24(21(26)17-5-8-23-9-6-17)13-19(30-22)12-20(22)31(25,27)28/h2-6,8-9,11,19-20H,7,10,12-15H2,1H3/t19-,20+,22+/m1/s1. The topological polar surface area (TPSA) is 89.0 Å². The summed E-state index contributed by atoms with van der Waals surface area (Å²) in [5, 5.41) is -0.606. The third-order valence-electron chi connectivity index (χ3n) is 6.51. The fraction of sp³-hybridized carbons (Fsp3) is 0.455. The highest BCUT2D eigenvalue weighted by atomic mass is 32.2. The molecule has 3 saturated heterocycles. The second-order valence-corrected chi connectivity index (χ2v) is 10.5. The molecule has 0 unspecified atom stereocenters. The molecule has 3 atom stereocenters. The van der Waals surface area contributed by atoms with Crippen LogP contribution < -0.4 is 4.74 Å². The number of amides is 1. The lowest BCUT2D eigenvalue weighted by molar-refractivity contribution is -0.0976. The number of carbonyl (C=O) groups excluding carboxylic acids is 1. The largest absolute Gasteiger partial charge is 0.497 e. The minimum absolute atomic E-state index is 0.108. The van der Waals surface area contributed by atoms with Gasteiger partial charge in [0.15, 0.2) is 0 Å². The molecule has 9 heteroatoms. The smallest absolute Gasteiger partial charge is 0.254 e.